The summed E-state index contributed by atoms with van der Waals surface area (Å²) >= 11 is 3.09. The first kappa shape index (κ1) is 22.4. The van der Waals surface area contributed by atoms with Crippen molar-refractivity contribution in [3.05, 3.63) is 20.8 Å². The summed E-state index contributed by atoms with van der Waals surface area (Å²) in [6.07, 6.45) is 12.2. The minimum Gasteiger partial charge on any atom is -0.376 e. The van der Waals surface area contributed by atoms with E-state index >= 15 is 0 Å². The zero-order valence-corrected chi connectivity index (χ0v) is 20.5. The molecule has 1 N–H and O–H groups in total. The lowest BCUT2D eigenvalue weighted by molar-refractivity contribution is -0.121. The molecule has 2 fully saturated rings. The van der Waals surface area contributed by atoms with E-state index in [-0.39, 0.29) is 28.9 Å². The van der Waals surface area contributed by atoms with Crippen LogP contribution < -0.4 is 10.9 Å². The molecule has 1 saturated heterocycles. The summed E-state index contributed by atoms with van der Waals surface area (Å²) in [5.41, 5.74) is 1.27. The third kappa shape index (κ3) is 4.64. The Hall–Kier alpha value is -1.38. The van der Waals surface area contributed by atoms with Crippen LogP contribution in [0.3, 0.4) is 0 Å². The van der Waals surface area contributed by atoms with Crippen LogP contribution in [-0.4, -0.2) is 39.5 Å². The molecule has 0 spiro atoms. The molecule has 0 radical (unpaired) electrons. The fraction of sp³-hybridized carbons (Fsp3) is 0.708. The molecule has 2 aliphatic carbocycles. The summed E-state index contributed by atoms with van der Waals surface area (Å²) < 4.78 is 7.65. The van der Waals surface area contributed by atoms with Crippen LogP contribution in [0.2, 0.25) is 0 Å². The van der Waals surface area contributed by atoms with Gasteiger partial charge < -0.3 is 10.1 Å². The molecule has 5 rings (SSSR count). The standard InChI is InChI=1S/C24H33N3O3S2/c1-15(21(28)25-16-8-3-2-4-9-16)31-24-26-22-20(18-11-5-6-12-19(18)32-22)23(29)27(24)14-17-10-7-13-30-17/h15-17H,2-14H2,1H3,(H,25,28). The van der Waals surface area contributed by atoms with Gasteiger partial charge >= 0.3 is 0 Å². The number of fused-ring (bicyclic) bond motifs is 3. The highest BCUT2D eigenvalue weighted by Gasteiger charge is 2.27. The number of ether oxygens (including phenoxy) is 1. The van der Waals surface area contributed by atoms with Gasteiger partial charge in [0, 0.05) is 17.5 Å². The van der Waals surface area contributed by atoms with Gasteiger partial charge in [0.1, 0.15) is 4.83 Å². The maximum atomic E-state index is 13.7. The number of nitrogens with zero attached hydrogens (tertiary/aromatic N) is 2. The van der Waals surface area contributed by atoms with Crippen molar-refractivity contribution in [2.45, 2.75) is 107 Å². The monoisotopic (exact) mass is 475 g/mol. The number of aryl methyl sites for hydroxylation is 2. The van der Waals surface area contributed by atoms with Gasteiger partial charge in [0.05, 0.1) is 23.3 Å². The van der Waals surface area contributed by atoms with Crippen molar-refractivity contribution in [1.29, 1.82) is 0 Å². The number of carbonyl (C=O) groups excluding carboxylic acids is 1. The molecule has 1 amide bonds. The number of thiophene rings is 1. The molecule has 3 heterocycles. The average molecular weight is 476 g/mol. The first-order valence-corrected chi connectivity index (χ1v) is 13.9. The molecule has 1 saturated carbocycles. The Morgan fingerprint density at radius 1 is 1.19 bits per heavy atom. The van der Waals surface area contributed by atoms with E-state index in [2.05, 4.69) is 5.32 Å². The summed E-state index contributed by atoms with van der Waals surface area (Å²) in [6.45, 7) is 3.20. The molecule has 0 bridgehead atoms. The van der Waals surface area contributed by atoms with Gasteiger partial charge in [-0.05, 0) is 63.9 Å². The Bertz CT molecular complexity index is 1040. The predicted octanol–water partition coefficient (Wildman–Crippen LogP) is 4.45. The second-order valence-electron chi connectivity index (χ2n) is 9.44. The van der Waals surface area contributed by atoms with Gasteiger partial charge in [0.25, 0.3) is 5.56 Å². The van der Waals surface area contributed by atoms with Crippen LogP contribution in [0, 0.1) is 0 Å². The topological polar surface area (TPSA) is 73.2 Å². The predicted molar refractivity (Wildman–Crippen MR) is 130 cm³/mol. The van der Waals surface area contributed by atoms with Crippen LogP contribution in [0.5, 0.6) is 0 Å². The average Bonchev–Trinajstić information content (AvgIpc) is 3.44. The van der Waals surface area contributed by atoms with Crippen molar-refractivity contribution in [2.75, 3.05) is 6.61 Å². The normalized spacial score (nSPS) is 22.7. The lowest BCUT2D eigenvalue weighted by Crippen LogP contribution is -2.40. The lowest BCUT2D eigenvalue weighted by Gasteiger charge is -2.24. The van der Waals surface area contributed by atoms with E-state index in [0.29, 0.717) is 11.7 Å². The molecule has 2 atom stereocenters. The fourth-order valence-corrected chi connectivity index (χ4v) is 7.47. The van der Waals surface area contributed by atoms with Crippen LogP contribution in [0.1, 0.15) is 75.2 Å². The van der Waals surface area contributed by atoms with Crippen LogP contribution in [0.15, 0.2) is 9.95 Å². The Labute approximate surface area is 197 Å². The molecule has 2 aromatic heterocycles. The number of rotatable bonds is 6. The maximum Gasteiger partial charge on any atom is 0.263 e. The van der Waals surface area contributed by atoms with Crippen LogP contribution in [-0.2, 0) is 28.9 Å². The number of amides is 1. The highest BCUT2D eigenvalue weighted by atomic mass is 32.2. The van der Waals surface area contributed by atoms with E-state index in [9.17, 15) is 9.59 Å². The molecule has 1 aliphatic heterocycles. The molecule has 0 aromatic carbocycles. The molecule has 2 unspecified atom stereocenters. The van der Waals surface area contributed by atoms with Crippen molar-refractivity contribution in [3.8, 4) is 0 Å². The lowest BCUT2D eigenvalue weighted by atomic mass is 9.95. The van der Waals surface area contributed by atoms with Crippen LogP contribution in [0.4, 0.5) is 0 Å². The quantitative estimate of drug-likeness (QED) is 0.494. The first-order valence-electron chi connectivity index (χ1n) is 12.2. The summed E-state index contributed by atoms with van der Waals surface area (Å²) in [7, 11) is 0. The van der Waals surface area contributed by atoms with Crippen molar-refractivity contribution >= 4 is 39.2 Å². The molecular weight excluding hydrogens is 442 g/mol. The highest BCUT2D eigenvalue weighted by molar-refractivity contribution is 8.00. The van der Waals surface area contributed by atoms with Crippen molar-refractivity contribution < 1.29 is 9.53 Å². The number of hydrogen-bond donors (Lipinski definition) is 1. The summed E-state index contributed by atoms with van der Waals surface area (Å²) in [5, 5.41) is 4.39. The SMILES string of the molecule is CC(Sc1nc2sc3c(c2c(=O)n1CC1CCCO1)CCCC3)C(=O)NC1CCCCC1. The molecule has 6 nitrogen and oxygen atoms in total. The number of hydrogen-bond acceptors (Lipinski definition) is 6. The van der Waals surface area contributed by atoms with Gasteiger partial charge in [0.15, 0.2) is 5.16 Å². The van der Waals surface area contributed by atoms with Gasteiger partial charge in [-0.15, -0.1) is 11.3 Å². The molecule has 2 aromatic rings. The summed E-state index contributed by atoms with van der Waals surface area (Å²) in [4.78, 5) is 33.7. The second-order valence-corrected chi connectivity index (χ2v) is 11.8. The molecule has 32 heavy (non-hydrogen) atoms. The van der Waals surface area contributed by atoms with Gasteiger partial charge in [-0.25, -0.2) is 4.98 Å². The van der Waals surface area contributed by atoms with E-state index in [0.717, 1.165) is 61.8 Å². The Kier molecular flexibility index (Phi) is 6.90. The minimum absolute atomic E-state index is 0.0467. The number of aromatic nitrogens is 2. The number of thioether (sulfide) groups is 1. The third-order valence-corrected chi connectivity index (χ3v) is 9.33. The van der Waals surface area contributed by atoms with Crippen molar-refractivity contribution in [1.82, 2.24) is 14.9 Å². The van der Waals surface area contributed by atoms with Gasteiger partial charge in [-0.1, -0.05) is 31.0 Å². The molecule has 3 aliphatic rings. The van der Waals surface area contributed by atoms with E-state index in [1.54, 1.807) is 15.9 Å². The van der Waals surface area contributed by atoms with Crippen LogP contribution >= 0.6 is 23.1 Å². The van der Waals surface area contributed by atoms with Crippen LogP contribution in [0.25, 0.3) is 10.2 Å². The highest BCUT2D eigenvalue weighted by Crippen LogP contribution is 2.35. The smallest absolute Gasteiger partial charge is 0.263 e. The number of nitrogens with one attached hydrogen (secondary N) is 1. The first-order chi connectivity index (χ1) is 15.6. The van der Waals surface area contributed by atoms with E-state index < -0.39 is 0 Å². The Balaban J connectivity index is 1.44. The number of carbonyl (C=O) groups is 1. The van der Waals surface area contributed by atoms with Gasteiger partial charge in [-0.2, -0.15) is 0 Å². The van der Waals surface area contributed by atoms with E-state index in [1.807, 2.05) is 6.92 Å². The zero-order chi connectivity index (χ0) is 22.1. The Morgan fingerprint density at radius 3 is 2.78 bits per heavy atom. The van der Waals surface area contributed by atoms with E-state index in [4.69, 9.17) is 9.72 Å². The summed E-state index contributed by atoms with van der Waals surface area (Å²) in [5.74, 6) is 0.0467. The zero-order valence-electron chi connectivity index (χ0n) is 18.9. The maximum absolute atomic E-state index is 13.7. The van der Waals surface area contributed by atoms with Gasteiger partial charge in [-0.3, -0.25) is 14.2 Å². The van der Waals surface area contributed by atoms with Crippen molar-refractivity contribution in [2.24, 2.45) is 0 Å². The fourth-order valence-electron chi connectivity index (χ4n) is 5.24. The van der Waals surface area contributed by atoms with Gasteiger partial charge in [0.2, 0.25) is 5.91 Å². The Morgan fingerprint density at radius 2 is 2.00 bits per heavy atom. The molecular formula is C24H33N3O3S2. The third-order valence-electron chi connectivity index (χ3n) is 7.05. The summed E-state index contributed by atoms with van der Waals surface area (Å²) in [6, 6.07) is 0.285. The molecule has 174 valence electrons. The molecule has 8 heteroatoms. The minimum atomic E-state index is -0.299. The second kappa shape index (κ2) is 9.85. The van der Waals surface area contributed by atoms with E-state index in [1.165, 1.54) is 47.9 Å². The largest absolute Gasteiger partial charge is 0.376 e. The van der Waals surface area contributed by atoms with Crippen molar-refractivity contribution in [3.63, 3.8) is 0 Å².